The van der Waals surface area contributed by atoms with Crippen LogP contribution in [0.25, 0.3) is 0 Å². The number of benzene rings is 1. The lowest BCUT2D eigenvalue weighted by Gasteiger charge is -2.14. The standard InChI is InChI=1S/C13H12F3N3/c14-9-4-3-8(11(15)12(9)16)10(17)6-7-2-1-5-19-13(7)18/h1-5,10H,6,17H2,(H2,18,19). The van der Waals surface area contributed by atoms with Crippen molar-refractivity contribution >= 4 is 5.82 Å². The Balaban J connectivity index is 2.28. The molecule has 0 saturated carbocycles. The van der Waals surface area contributed by atoms with Gasteiger partial charge in [0.2, 0.25) is 0 Å². The van der Waals surface area contributed by atoms with Crippen LogP contribution in [0.5, 0.6) is 0 Å². The summed E-state index contributed by atoms with van der Waals surface area (Å²) in [4.78, 5) is 3.87. The largest absolute Gasteiger partial charge is 0.383 e. The predicted molar refractivity (Wildman–Crippen MR) is 65.6 cm³/mol. The maximum Gasteiger partial charge on any atom is 0.194 e. The molecule has 1 aromatic heterocycles. The van der Waals surface area contributed by atoms with Gasteiger partial charge in [-0.2, -0.15) is 0 Å². The van der Waals surface area contributed by atoms with Gasteiger partial charge in [-0.05, 0) is 24.1 Å². The lowest BCUT2D eigenvalue weighted by molar-refractivity contribution is 0.435. The number of nitrogen functional groups attached to an aromatic ring is 1. The van der Waals surface area contributed by atoms with Gasteiger partial charge in [-0.3, -0.25) is 0 Å². The van der Waals surface area contributed by atoms with Crippen molar-refractivity contribution < 1.29 is 13.2 Å². The van der Waals surface area contributed by atoms with Crippen molar-refractivity contribution in [3.63, 3.8) is 0 Å². The third-order valence-electron chi connectivity index (χ3n) is 2.83. The van der Waals surface area contributed by atoms with Crippen LogP contribution in [0.1, 0.15) is 17.2 Å². The van der Waals surface area contributed by atoms with E-state index >= 15 is 0 Å². The van der Waals surface area contributed by atoms with Gasteiger partial charge in [0.25, 0.3) is 0 Å². The van der Waals surface area contributed by atoms with Crippen LogP contribution in [-0.4, -0.2) is 4.98 Å². The van der Waals surface area contributed by atoms with E-state index in [1.807, 2.05) is 0 Å². The summed E-state index contributed by atoms with van der Waals surface area (Å²) >= 11 is 0. The Morgan fingerprint density at radius 1 is 1.11 bits per heavy atom. The van der Waals surface area contributed by atoms with Crippen LogP contribution in [0.15, 0.2) is 30.5 Å². The predicted octanol–water partition coefficient (Wildman–Crippen LogP) is 2.32. The molecule has 2 rings (SSSR count). The van der Waals surface area contributed by atoms with Gasteiger partial charge < -0.3 is 11.5 Å². The third-order valence-corrected chi connectivity index (χ3v) is 2.83. The quantitative estimate of drug-likeness (QED) is 0.839. The average molecular weight is 267 g/mol. The number of hydrogen-bond donors (Lipinski definition) is 2. The highest BCUT2D eigenvalue weighted by Gasteiger charge is 2.19. The Morgan fingerprint density at radius 3 is 2.53 bits per heavy atom. The molecule has 1 unspecified atom stereocenters. The van der Waals surface area contributed by atoms with Gasteiger partial charge in [-0.25, -0.2) is 18.2 Å². The second-order valence-corrected chi connectivity index (χ2v) is 4.12. The van der Waals surface area contributed by atoms with E-state index in [1.165, 1.54) is 6.20 Å². The fourth-order valence-electron chi connectivity index (χ4n) is 1.80. The van der Waals surface area contributed by atoms with Crippen LogP contribution in [0.3, 0.4) is 0 Å². The molecule has 0 amide bonds. The molecule has 0 radical (unpaired) electrons. The van der Waals surface area contributed by atoms with Crippen molar-refractivity contribution in [1.82, 2.24) is 4.98 Å². The number of rotatable bonds is 3. The fourth-order valence-corrected chi connectivity index (χ4v) is 1.80. The van der Waals surface area contributed by atoms with Gasteiger partial charge in [0.05, 0.1) is 0 Å². The molecule has 0 spiro atoms. The summed E-state index contributed by atoms with van der Waals surface area (Å²) in [6, 6.07) is 4.51. The Kier molecular flexibility index (Phi) is 3.71. The molecule has 0 aliphatic carbocycles. The lowest BCUT2D eigenvalue weighted by Crippen LogP contribution is -2.17. The van der Waals surface area contributed by atoms with Crippen molar-refractivity contribution in [2.24, 2.45) is 5.73 Å². The van der Waals surface area contributed by atoms with Gasteiger partial charge >= 0.3 is 0 Å². The highest BCUT2D eigenvalue weighted by Crippen LogP contribution is 2.23. The molecule has 4 N–H and O–H groups in total. The molecule has 2 aromatic rings. The Hall–Kier alpha value is -2.08. The van der Waals surface area contributed by atoms with Crippen LogP contribution in [0.2, 0.25) is 0 Å². The van der Waals surface area contributed by atoms with Crippen molar-refractivity contribution in [3.05, 3.63) is 59.0 Å². The highest BCUT2D eigenvalue weighted by atomic mass is 19.2. The topological polar surface area (TPSA) is 64.9 Å². The normalized spacial score (nSPS) is 12.4. The number of hydrogen-bond acceptors (Lipinski definition) is 3. The number of nitrogens with zero attached hydrogens (tertiary/aromatic N) is 1. The first-order chi connectivity index (χ1) is 9.00. The van der Waals surface area contributed by atoms with E-state index in [0.717, 1.165) is 12.1 Å². The van der Waals surface area contributed by atoms with Crippen molar-refractivity contribution in [2.75, 3.05) is 5.73 Å². The zero-order valence-electron chi connectivity index (χ0n) is 9.91. The summed E-state index contributed by atoms with van der Waals surface area (Å²) in [6.07, 6.45) is 1.70. The summed E-state index contributed by atoms with van der Waals surface area (Å²) in [6.45, 7) is 0. The van der Waals surface area contributed by atoms with Gasteiger partial charge in [0.15, 0.2) is 17.5 Å². The molecule has 1 aromatic carbocycles. The Bertz CT molecular complexity index is 602. The Labute approximate surface area is 108 Å². The zero-order valence-corrected chi connectivity index (χ0v) is 9.91. The van der Waals surface area contributed by atoms with E-state index in [0.29, 0.717) is 5.56 Å². The van der Waals surface area contributed by atoms with Gasteiger partial charge in [0, 0.05) is 17.8 Å². The fraction of sp³-hybridized carbons (Fsp3) is 0.154. The van der Waals surface area contributed by atoms with E-state index < -0.39 is 23.5 Å². The molecular formula is C13H12F3N3. The first-order valence-corrected chi connectivity index (χ1v) is 5.59. The first-order valence-electron chi connectivity index (χ1n) is 5.59. The third kappa shape index (κ3) is 2.68. The van der Waals surface area contributed by atoms with E-state index in [4.69, 9.17) is 11.5 Å². The van der Waals surface area contributed by atoms with Gasteiger partial charge in [-0.1, -0.05) is 12.1 Å². The van der Waals surface area contributed by atoms with Gasteiger partial charge in [-0.15, -0.1) is 0 Å². The van der Waals surface area contributed by atoms with E-state index in [1.54, 1.807) is 12.1 Å². The smallest absolute Gasteiger partial charge is 0.194 e. The van der Waals surface area contributed by atoms with E-state index in [2.05, 4.69) is 4.98 Å². The van der Waals surface area contributed by atoms with Crippen LogP contribution in [0, 0.1) is 17.5 Å². The molecule has 0 aliphatic rings. The molecule has 1 atom stereocenters. The number of aromatic nitrogens is 1. The van der Waals surface area contributed by atoms with Crippen LogP contribution in [-0.2, 0) is 6.42 Å². The number of anilines is 1. The summed E-state index contributed by atoms with van der Waals surface area (Å²) < 4.78 is 39.5. The van der Waals surface area contributed by atoms with Crippen LogP contribution < -0.4 is 11.5 Å². The monoisotopic (exact) mass is 267 g/mol. The summed E-state index contributed by atoms with van der Waals surface area (Å²) in [5.41, 5.74) is 12.0. The molecule has 6 heteroatoms. The first kappa shape index (κ1) is 13.4. The second kappa shape index (κ2) is 5.27. The van der Waals surface area contributed by atoms with Crippen molar-refractivity contribution in [1.29, 1.82) is 0 Å². The van der Waals surface area contributed by atoms with E-state index in [9.17, 15) is 13.2 Å². The maximum absolute atomic E-state index is 13.6. The minimum atomic E-state index is -1.52. The van der Waals surface area contributed by atoms with Gasteiger partial charge in [0.1, 0.15) is 5.82 Å². The summed E-state index contributed by atoms with van der Waals surface area (Å²) in [5, 5.41) is 0. The van der Waals surface area contributed by atoms with E-state index in [-0.39, 0.29) is 17.8 Å². The minimum absolute atomic E-state index is 0.0952. The number of halogens is 3. The second-order valence-electron chi connectivity index (χ2n) is 4.12. The van der Waals surface area contributed by atoms with Crippen LogP contribution in [0.4, 0.5) is 19.0 Å². The molecule has 1 heterocycles. The Morgan fingerprint density at radius 2 is 1.84 bits per heavy atom. The molecule has 0 bridgehead atoms. The van der Waals surface area contributed by atoms with Crippen molar-refractivity contribution in [2.45, 2.75) is 12.5 Å². The highest BCUT2D eigenvalue weighted by molar-refractivity contribution is 5.40. The zero-order chi connectivity index (χ0) is 14.0. The van der Waals surface area contributed by atoms with Crippen LogP contribution >= 0.6 is 0 Å². The molecule has 0 fully saturated rings. The summed E-state index contributed by atoms with van der Waals surface area (Å²) in [5.74, 6) is -3.75. The molecule has 0 aliphatic heterocycles. The molecule has 100 valence electrons. The maximum atomic E-state index is 13.6. The molecule has 3 nitrogen and oxygen atoms in total. The molecule has 19 heavy (non-hydrogen) atoms. The lowest BCUT2D eigenvalue weighted by atomic mass is 9.99. The molecular weight excluding hydrogens is 255 g/mol. The number of pyridine rings is 1. The average Bonchev–Trinajstić information content (AvgIpc) is 2.39. The minimum Gasteiger partial charge on any atom is -0.383 e. The summed E-state index contributed by atoms with van der Waals surface area (Å²) in [7, 11) is 0. The molecule has 0 saturated heterocycles. The van der Waals surface area contributed by atoms with Crippen molar-refractivity contribution in [3.8, 4) is 0 Å². The SMILES string of the molecule is Nc1ncccc1CC(N)c1ccc(F)c(F)c1F. The number of nitrogens with two attached hydrogens (primary N) is 2.